The Morgan fingerprint density at radius 1 is 1.21 bits per heavy atom. The fourth-order valence-corrected chi connectivity index (χ4v) is 3.60. The van der Waals surface area contributed by atoms with E-state index in [0.717, 1.165) is 44.5 Å². The highest BCUT2D eigenvalue weighted by molar-refractivity contribution is 5.85. The third-order valence-electron chi connectivity index (χ3n) is 5.12. The van der Waals surface area contributed by atoms with Gasteiger partial charge in [0.1, 0.15) is 0 Å². The summed E-state index contributed by atoms with van der Waals surface area (Å²) in [6, 6.07) is 5.05. The number of amides is 1. The molecule has 24 heavy (non-hydrogen) atoms. The van der Waals surface area contributed by atoms with Gasteiger partial charge in [0.2, 0.25) is 5.91 Å². The molecule has 0 aliphatic carbocycles. The first-order chi connectivity index (χ1) is 10.9. The lowest BCUT2D eigenvalue weighted by atomic mass is 9.78. The van der Waals surface area contributed by atoms with E-state index in [4.69, 9.17) is 0 Å². The number of hydrogen-bond acceptors (Lipinski definition) is 2. The van der Waals surface area contributed by atoms with Crippen LogP contribution in [0.1, 0.15) is 30.4 Å². The number of hydrogen-bond donors (Lipinski definition) is 1. The summed E-state index contributed by atoms with van der Waals surface area (Å²) in [6.45, 7) is 3.47. The van der Waals surface area contributed by atoms with Crippen molar-refractivity contribution in [1.29, 1.82) is 0 Å². The van der Waals surface area contributed by atoms with Gasteiger partial charge in [0.25, 0.3) is 0 Å². The van der Waals surface area contributed by atoms with Crippen LogP contribution in [0.15, 0.2) is 24.3 Å². The molecule has 2 aliphatic rings. The van der Waals surface area contributed by atoms with Crippen LogP contribution in [0.3, 0.4) is 0 Å². The van der Waals surface area contributed by atoms with Gasteiger partial charge in [-0.25, -0.2) is 0 Å². The summed E-state index contributed by atoms with van der Waals surface area (Å²) in [4.78, 5) is 14.2. The monoisotopic (exact) mass is 362 g/mol. The molecule has 0 aromatic heterocycles. The molecule has 7 heteroatoms. The van der Waals surface area contributed by atoms with Crippen molar-refractivity contribution < 1.29 is 18.0 Å². The second-order valence-corrected chi connectivity index (χ2v) is 6.68. The molecule has 0 radical (unpaired) electrons. The van der Waals surface area contributed by atoms with Gasteiger partial charge in [-0.2, -0.15) is 13.2 Å². The van der Waals surface area contributed by atoms with E-state index in [0.29, 0.717) is 24.1 Å². The Balaban J connectivity index is 0.00000208. The highest BCUT2D eigenvalue weighted by Crippen LogP contribution is 2.37. The van der Waals surface area contributed by atoms with Crippen LogP contribution >= 0.6 is 12.4 Å². The van der Waals surface area contributed by atoms with E-state index in [2.05, 4.69) is 5.32 Å². The van der Waals surface area contributed by atoms with Crippen LogP contribution in [0.25, 0.3) is 0 Å². The molecule has 0 bridgehead atoms. The molecule has 3 nitrogen and oxygen atoms in total. The summed E-state index contributed by atoms with van der Waals surface area (Å²) in [5.41, 5.74) is 0.0533. The van der Waals surface area contributed by atoms with Crippen molar-refractivity contribution in [2.24, 2.45) is 5.41 Å². The fraction of sp³-hybridized carbons (Fsp3) is 0.588. The Morgan fingerprint density at radius 2 is 1.92 bits per heavy atom. The predicted octanol–water partition coefficient (Wildman–Crippen LogP) is 3.27. The van der Waals surface area contributed by atoms with Gasteiger partial charge in [0.15, 0.2) is 0 Å². The molecule has 1 spiro atoms. The van der Waals surface area contributed by atoms with Crippen molar-refractivity contribution in [2.45, 2.75) is 31.9 Å². The molecule has 1 aromatic rings. The maximum atomic E-state index is 12.7. The topological polar surface area (TPSA) is 32.3 Å². The summed E-state index contributed by atoms with van der Waals surface area (Å²) in [5, 5.41) is 3.38. The molecule has 134 valence electrons. The van der Waals surface area contributed by atoms with Crippen LogP contribution < -0.4 is 5.32 Å². The number of halogens is 4. The van der Waals surface area contributed by atoms with E-state index in [1.807, 2.05) is 0 Å². The molecular formula is C17H22ClF3N2O. The number of likely N-dealkylation sites (tertiary alicyclic amines) is 1. The SMILES string of the molecule is Cl.O=C(Cc1cccc(C(F)(F)F)c1)N1CCC2(CCNC2)CC1. The van der Waals surface area contributed by atoms with Crippen molar-refractivity contribution in [3.63, 3.8) is 0 Å². The number of carbonyl (C=O) groups excluding carboxylic acids is 1. The minimum Gasteiger partial charge on any atom is -0.342 e. The standard InChI is InChI=1S/C17H21F3N2O.ClH/c18-17(19,20)14-3-1-2-13(10-14)11-15(23)22-8-5-16(6-9-22)4-7-21-12-16;/h1-3,10,21H,4-9,11-12H2;1H. The summed E-state index contributed by atoms with van der Waals surface area (Å²) in [6.07, 6.45) is -1.22. The molecule has 0 atom stereocenters. The van der Waals surface area contributed by atoms with Crippen molar-refractivity contribution in [2.75, 3.05) is 26.2 Å². The molecule has 1 N–H and O–H groups in total. The van der Waals surface area contributed by atoms with Gasteiger partial charge < -0.3 is 10.2 Å². The Kier molecular flexibility index (Phi) is 5.81. The van der Waals surface area contributed by atoms with Crippen molar-refractivity contribution in [3.05, 3.63) is 35.4 Å². The van der Waals surface area contributed by atoms with Crippen LogP contribution in [0.2, 0.25) is 0 Å². The van der Waals surface area contributed by atoms with E-state index < -0.39 is 11.7 Å². The Morgan fingerprint density at radius 3 is 2.50 bits per heavy atom. The molecular weight excluding hydrogens is 341 g/mol. The summed E-state index contributed by atoms with van der Waals surface area (Å²) in [7, 11) is 0. The van der Waals surface area contributed by atoms with Crippen LogP contribution in [0.4, 0.5) is 13.2 Å². The lowest BCUT2D eigenvalue weighted by Crippen LogP contribution is -2.44. The molecule has 0 unspecified atom stereocenters. The first kappa shape index (κ1) is 19.1. The quantitative estimate of drug-likeness (QED) is 0.875. The Labute approximate surface area is 146 Å². The Hall–Kier alpha value is -1.27. The van der Waals surface area contributed by atoms with Crippen molar-refractivity contribution in [1.82, 2.24) is 10.2 Å². The highest BCUT2D eigenvalue weighted by Gasteiger charge is 2.38. The number of piperidine rings is 1. The lowest BCUT2D eigenvalue weighted by Gasteiger charge is -2.39. The Bertz CT molecular complexity index is 575. The number of alkyl halides is 3. The first-order valence-electron chi connectivity index (χ1n) is 8.03. The van der Waals surface area contributed by atoms with Gasteiger partial charge in [0, 0.05) is 19.6 Å². The average molecular weight is 363 g/mol. The van der Waals surface area contributed by atoms with Crippen molar-refractivity contribution >= 4 is 18.3 Å². The van der Waals surface area contributed by atoms with Crippen LogP contribution in [-0.2, 0) is 17.4 Å². The molecule has 2 fully saturated rings. The number of rotatable bonds is 2. The van der Waals surface area contributed by atoms with E-state index in [1.54, 1.807) is 11.0 Å². The first-order valence-corrected chi connectivity index (χ1v) is 8.03. The lowest BCUT2D eigenvalue weighted by molar-refractivity contribution is -0.138. The van der Waals surface area contributed by atoms with Crippen LogP contribution in [0, 0.1) is 5.41 Å². The minimum absolute atomic E-state index is 0. The number of benzene rings is 1. The molecule has 2 saturated heterocycles. The largest absolute Gasteiger partial charge is 0.416 e. The van der Waals surface area contributed by atoms with Crippen molar-refractivity contribution in [3.8, 4) is 0 Å². The number of nitrogens with zero attached hydrogens (tertiary/aromatic N) is 1. The van der Waals surface area contributed by atoms with Crippen LogP contribution in [0.5, 0.6) is 0 Å². The van der Waals surface area contributed by atoms with Gasteiger partial charge in [-0.05, 0) is 42.9 Å². The normalized spacial score (nSPS) is 20.0. The van der Waals surface area contributed by atoms with Gasteiger partial charge in [-0.15, -0.1) is 12.4 Å². The fourth-order valence-electron chi connectivity index (χ4n) is 3.60. The molecule has 2 heterocycles. The zero-order chi connectivity index (χ0) is 16.5. The number of nitrogens with one attached hydrogen (secondary N) is 1. The average Bonchev–Trinajstić information content (AvgIpc) is 2.95. The third-order valence-corrected chi connectivity index (χ3v) is 5.12. The summed E-state index contributed by atoms with van der Waals surface area (Å²) >= 11 is 0. The maximum absolute atomic E-state index is 12.7. The zero-order valence-corrected chi connectivity index (χ0v) is 14.2. The van der Waals surface area contributed by atoms with E-state index in [9.17, 15) is 18.0 Å². The molecule has 0 saturated carbocycles. The molecule has 3 rings (SSSR count). The minimum atomic E-state index is -4.37. The van der Waals surface area contributed by atoms with Gasteiger partial charge >= 0.3 is 6.18 Å². The molecule has 1 aromatic carbocycles. The zero-order valence-electron chi connectivity index (χ0n) is 13.4. The third kappa shape index (κ3) is 4.22. The predicted molar refractivity (Wildman–Crippen MR) is 88.1 cm³/mol. The smallest absolute Gasteiger partial charge is 0.342 e. The second-order valence-electron chi connectivity index (χ2n) is 6.68. The van der Waals surface area contributed by atoms with E-state index in [1.165, 1.54) is 6.07 Å². The molecule has 1 amide bonds. The van der Waals surface area contributed by atoms with Gasteiger partial charge in [-0.3, -0.25) is 4.79 Å². The molecule has 2 aliphatic heterocycles. The maximum Gasteiger partial charge on any atom is 0.416 e. The van der Waals surface area contributed by atoms with Gasteiger partial charge in [-0.1, -0.05) is 18.2 Å². The highest BCUT2D eigenvalue weighted by atomic mass is 35.5. The van der Waals surface area contributed by atoms with Crippen LogP contribution in [-0.4, -0.2) is 37.0 Å². The summed E-state index contributed by atoms with van der Waals surface area (Å²) in [5.74, 6) is -0.0786. The second kappa shape index (κ2) is 7.31. The summed E-state index contributed by atoms with van der Waals surface area (Å²) < 4.78 is 38.2. The number of carbonyl (C=O) groups is 1. The van der Waals surface area contributed by atoms with E-state index in [-0.39, 0.29) is 24.7 Å². The van der Waals surface area contributed by atoms with Gasteiger partial charge in [0.05, 0.1) is 12.0 Å². The van der Waals surface area contributed by atoms with E-state index >= 15 is 0 Å².